The van der Waals surface area contributed by atoms with E-state index in [4.69, 9.17) is 9.47 Å². The van der Waals surface area contributed by atoms with E-state index in [0.29, 0.717) is 19.0 Å². The topological polar surface area (TPSA) is 64.8 Å². The van der Waals surface area contributed by atoms with Gasteiger partial charge in [-0.3, -0.25) is 0 Å². The van der Waals surface area contributed by atoms with Gasteiger partial charge in [-0.15, -0.1) is 0 Å². The zero-order valence-electron chi connectivity index (χ0n) is 12.4. The summed E-state index contributed by atoms with van der Waals surface area (Å²) in [6.45, 7) is 7.94. The third kappa shape index (κ3) is 1.99. The van der Waals surface area contributed by atoms with Gasteiger partial charge in [-0.1, -0.05) is 0 Å². The fourth-order valence-electron chi connectivity index (χ4n) is 3.24. The molecule has 2 aliphatic heterocycles. The molecule has 0 bridgehead atoms. The summed E-state index contributed by atoms with van der Waals surface area (Å²) in [5, 5.41) is 4.34. The number of anilines is 1. The molecule has 1 spiro atoms. The van der Waals surface area contributed by atoms with Gasteiger partial charge in [0, 0.05) is 30.8 Å². The maximum absolute atomic E-state index is 6.01. The molecule has 7 nitrogen and oxygen atoms in total. The molecule has 0 aromatic carbocycles. The SMILES string of the molecule is Cc1nc2ncnn2c(N2CCOC3(CCOC3)C2)c1C. The fraction of sp³-hybridized carbons (Fsp3) is 0.643. The Kier molecular flexibility index (Phi) is 2.87. The van der Waals surface area contributed by atoms with Gasteiger partial charge >= 0.3 is 0 Å². The zero-order chi connectivity index (χ0) is 14.4. The van der Waals surface area contributed by atoms with Crippen LogP contribution in [-0.2, 0) is 9.47 Å². The molecule has 112 valence electrons. The van der Waals surface area contributed by atoms with Crippen molar-refractivity contribution in [2.45, 2.75) is 25.9 Å². The molecule has 1 atom stereocenters. The summed E-state index contributed by atoms with van der Waals surface area (Å²) in [5.74, 6) is 1.72. The molecule has 0 aliphatic carbocycles. The van der Waals surface area contributed by atoms with Crippen LogP contribution in [0.15, 0.2) is 6.33 Å². The normalized spacial score (nSPS) is 26.1. The van der Waals surface area contributed by atoms with Crippen molar-refractivity contribution in [3.05, 3.63) is 17.6 Å². The predicted octanol–water partition coefficient (Wildman–Crippen LogP) is 0.737. The molecule has 0 amide bonds. The Hall–Kier alpha value is -1.73. The highest BCUT2D eigenvalue weighted by molar-refractivity contribution is 5.54. The van der Waals surface area contributed by atoms with Crippen molar-refractivity contribution in [3.8, 4) is 0 Å². The first-order chi connectivity index (χ1) is 10.2. The zero-order valence-corrected chi connectivity index (χ0v) is 12.4. The molecular formula is C14H19N5O2. The van der Waals surface area contributed by atoms with Crippen molar-refractivity contribution >= 4 is 11.6 Å². The molecule has 2 aromatic rings. The lowest BCUT2D eigenvalue weighted by atomic mass is 10.0. The number of nitrogens with zero attached hydrogens (tertiary/aromatic N) is 5. The maximum atomic E-state index is 6.01. The van der Waals surface area contributed by atoms with Crippen molar-refractivity contribution in [3.63, 3.8) is 0 Å². The van der Waals surface area contributed by atoms with Gasteiger partial charge in [0.25, 0.3) is 5.78 Å². The van der Waals surface area contributed by atoms with E-state index in [0.717, 1.165) is 43.2 Å². The van der Waals surface area contributed by atoms with Gasteiger partial charge in [0.1, 0.15) is 17.7 Å². The van der Waals surface area contributed by atoms with Gasteiger partial charge in [-0.05, 0) is 13.8 Å². The molecule has 0 radical (unpaired) electrons. The van der Waals surface area contributed by atoms with E-state index in [1.54, 1.807) is 6.33 Å². The van der Waals surface area contributed by atoms with Gasteiger partial charge in [0.05, 0.1) is 19.8 Å². The lowest BCUT2D eigenvalue weighted by molar-refractivity contribution is -0.0582. The Morgan fingerprint density at radius 2 is 2.19 bits per heavy atom. The summed E-state index contributed by atoms with van der Waals surface area (Å²) in [4.78, 5) is 11.0. The highest BCUT2D eigenvalue weighted by Crippen LogP contribution is 2.31. The van der Waals surface area contributed by atoms with Crippen LogP contribution in [-0.4, -0.2) is 58.1 Å². The van der Waals surface area contributed by atoms with Crippen LogP contribution in [0.1, 0.15) is 17.7 Å². The molecule has 1 unspecified atom stereocenters. The van der Waals surface area contributed by atoms with E-state index in [1.165, 1.54) is 0 Å². The van der Waals surface area contributed by atoms with E-state index in [1.807, 2.05) is 11.4 Å². The van der Waals surface area contributed by atoms with E-state index in [9.17, 15) is 0 Å². The average Bonchev–Trinajstić information content (AvgIpc) is 3.10. The van der Waals surface area contributed by atoms with Crippen molar-refractivity contribution in [2.24, 2.45) is 0 Å². The number of hydrogen-bond donors (Lipinski definition) is 0. The molecule has 2 saturated heterocycles. The van der Waals surface area contributed by atoms with Crippen LogP contribution in [0.5, 0.6) is 0 Å². The molecule has 7 heteroatoms. The molecule has 4 heterocycles. The molecule has 2 aliphatic rings. The number of rotatable bonds is 1. The van der Waals surface area contributed by atoms with Gasteiger partial charge < -0.3 is 14.4 Å². The second-order valence-corrected chi connectivity index (χ2v) is 5.87. The first kappa shape index (κ1) is 13.0. The second-order valence-electron chi connectivity index (χ2n) is 5.87. The Labute approximate surface area is 122 Å². The number of hydrogen-bond acceptors (Lipinski definition) is 6. The molecular weight excluding hydrogens is 270 g/mol. The van der Waals surface area contributed by atoms with Crippen LogP contribution in [0.2, 0.25) is 0 Å². The summed E-state index contributed by atoms with van der Waals surface area (Å²) in [6.07, 6.45) is 2.51. The van der Waals surface area contributed by atoms with Gasteiger partial charge in [0.15, 0.2) is 0 Å². The van der Waals surface area contributed by atoms with Gasteiger partial charge in [-0.2, -0.15) is 14.6 Å². The maximum Gasteiger partial charge on any atom is 0.254 e. The monoisotopic (exact) mass is 289 g/mol. The van der Waals surface area contributed by atoms with E-state index in [-0.39, 0.29) is 5.60 Å². The van der Waals surface area contributed by atoms with E-state index in [2.05, 4.69) is 26.9 Å². The molecule has 4 rings (SSSR count). The lowest BCUT2D eigenvalue weighted by Crippen LogP contribution is -2.53. The van der Waals surface area contributed by atoms with E-state index < -0.39 is 0 Å². The quantitative estimate of drug-likeness (QED) is 0.771. The molecule has 0 saturated carbocycles. The standard InChI is InChI=1S/C14H19N5O2/c1-10-11(2)17-13-15-9-16-19(13)12(10)18-4-6-21-14(7-18)3-5-20-8-14/h9H,3-8H2,1-2H3. The molecule has 2 fully saturated rings. The number of aryl methyl sites for hydroxylation is 1. The van der Waals surface area contributed by atoms with Crippen LogP contribution < -0.4 is 4.90 Å². The van der Waals surface area contributed by atoms with Gasteiger partial charge in [-0.25, -0.2) is 4.98 Å². The fourth-order valence-corrected chi connectivity index (χ4v) is 3.24. The van der Waals surface area contributed by atoms with Crippen molar-refractivity contribution in [1.29, 1.82) is 0 Å². The summed E-state index contributed by atoms with van der Waals surface area (Å²) in [7, 11) is 0. The minimum absolute atomic E-state index is 0.172. The second kappa shape index (κ2) is 4.64. The summed E-state index contributed by atoms with van der Waals surface area (Å²) in [5.41, 5.74) is 1.96. The predicted molar refractivity (Wildman–Crippen MR) is 76.6 cm³/mol. The Balaban J connectivity index is 1.78. The summed E-state index contributed by atoms with van der Waals surface area (Å²) < 4.78 is 13.4. The van der Waals surface area contributed by atoms with Crippen LogP contribution in [0, 0.1) is 13.8 Å². The first-order valence-electron chi connectivity index (χ1n) is 7.32. The number of aromatic nitrogens is 4. The number of fused-ring (bicyclic) bond motifs is 1. The first-order valence-corrected chi connectivity index (χ1v) is 7.32. The average molecular weight is 289 g/mol. The molecule has 2 aromatic heterocycles. The summed E-state index contributed by atoms with van der Waals surface area (Å²) >= 11 is 0. The smallest absolute Gasteiger partial charge is 0.254 e. The van der Waals surface area contributed by atoms with Crippen molar-refractivity contribution in [2.75, 3.05) is 37.8 Å². The Bertz CT molecular complexity index is 677. The third-order valence-corrected chi connectivity index (χ3v) is 4.49. The van der Waals surface area contributed by atoms with Crippen molar-refractivity contribution < 1.29 is 9.47 Å². The molecule has 0 N–H and O–H groups in total. The van der Waals surface area contributed by atoms with Crippen LogP contribution >= 0.6 is 0 Å². The van der Waals surface area contributed by atoms with Crippen LogP contribution in [0.3, 0.4) is 0 Å². The van der Waals surface area contributed by atoms with Crippen molar-refractivity contribution in [1.82, 2.24) is 19.6 Å². The number of morpholine rings is 1. The van der Waals surface area contributed by atoms with Crippen LogP contribution in [0.4, 0.5) is 5.82 Å². The highest BCUT2D eigenvalue weighted by atomic mass is 16.6. The summed E-state index contributed by atoms with van der Waals surface area (Å²) in [6, 6.07) is 0. The Morgan fingerprint density at radius 1 is 1.29 bits per heavy atom. The molecule has 21 heavy (non-hydrogen) atoms. The largest absolute Gasteiger partial charge is 0.378 e. The Morgan fingerprint density at radius 3 is 3.00 bits per heavy atom. The third-order valence-electron chi connectivity index (χ3n) is 4.49. The minimum atomic E-state index is -0.172. The van der Waals surface area contributed by atoms with Gasteiger partial charge in [0.2, 0.25) is 0 Å². The lowest BCUT2D eigenvalue weighted by Gasteiger charge is -2.41. The highest BCUT2D eigenvalue weighted by Gasteiger charge is 2.41. The van der Waals surface area contributed by atoms with E-state index >= 15 is 0 Å². The van der Waals surface area contributed by atoms with Crippen LogP contribution in [0.25, 0.3) is 5.78 Å². The number of ether oxygens (including phenoxy) is 2. The minimum Gasteiger partial charge on any atom is -0.378 e.